The molecule has 0 saturated carbocycles. The number of nitrogens with one attached hydrogen (secondary N) is 1. The van der Waals surface area contributed by atoms with Gasteiger partial charge in [0.25, 0.3) is 5.91 Å². The minimum absolute atomic E-state index is 0. The van der Waals surface area contributed by atoms with E-state index >= 15 is 0 Å². The smallest absolute Gasteiger partial charge is 0.549 e. The van der Waals surface area contributed by atoms with Gasteiger partial charge in [-0.15, -0.1) is 34.9 Å². The number of carboxylic acid groups (broad SMARTS) is 3. The van der Waals surface area contributed by atoms with E-state index in [-0.39, 0.29) is 112 Å². The van der Waals surface area contributed by atoms with Gasteiger partial charge in [0.1, 0.15) is 23.1 Å². The molecule has 2 amide bonds. The van der Waals surface area contributed by atoms with Crippen molar-refractivity contribution in [3.05, 3.63) is 59.4 Å². The fraction of sp³-hybridized carbons (Fsp3) is 0.312. The first-order valence-electron chi connectivity index (χ1n) is 15.5. The summed E-state index contributed by atoms with van der Waals surface area (Å²) in [6.45, 7) is 1.60. The van der Waals surface area contributed by atoms with Crippen LogP contribution in [-0.4, -0.2) is 86.7 Å². The number of carboxylic acids is 3. The molecular formula is C32H28N6Na2O13S3. The number of ether oxygens (including phenoxy) is 2. The van der Waals surface area contributed by atoms with Crippen LogP contribution in [0.15, 0.2) is 58.2 Å². The van der Waals surface area contributed by atoms with Gasteiger partial charge in [-0.05, 0) is 12.1 Å². The van der Waals surface area contributed by atoms with Crippen LogP contribution in [-0.2, 0) is 44.9 Å². The summed E-state index contributed by atoms with van der Waals surface area (Å²) in [6.07, 6.45) is 1.01. The van der Waals surface area contributed by atoms with Crippen LogP contribution in [0, 0.1) is 5.41 Å². The Kier molecular flexibility index (Phi) is 16.7. The molecule has 5 rings (SSSR count). The standard InChI is InChI=1S/C32H30N6O13S3.2Na/c1-15(39)49-20-4-3-17(9-21(20)50-16(2)40)25(29(45)46)51-36-23(19-11-52-31(33)34-19)26(43)35-24-27(44)38-12-32(30(47)48,14-54-28(24)38)13-53-18-5-7-37(8-6-18)10-22(41)42;;/h3-9,11,24-25,28H,10,12-14H2,1-2H3,(H5-,33,34,35,41,42,43,45,46,47,48);;/q;2*+1/p-2/t24?,25?,28-,32?;;/m1../s1. The Balaban J connectivity index is 0.00000420. The van der Waals surface area contributed by atoms with E-state index in [1.54, 1.807) is 12.1 Å². The Morgan fingerprint density at radius 1 is 1.07 bits per heavy atom. The molecule has 2 fully saturated rings. The van der Waals surface area contributed by atoms with Crippen molar-refractivity contribution in [2.75, 3.05) is 23.8 Å². The van der Waals surface area contributed by atoms with Crippen LogP contribution in [0.2, 0.25) is 0 Å². The summed E-state index contributed by atoms with van der Waals surface area (Å²) < 4.78 is 11.4. The van der Waals surface area contributed by atoms with Gasteiger partial charge in [0.05, 0.1) is 11.9 Å². The summed E-state index contributed by atoms with van der Waals surface area (Å²) in [4.78, 5) is 96.7. The van der Waals surface area contributed by atoms with Gasteiger partial charge in [0, 0.05) is 65.3 Å². The number of aliphatic carboxylic acids is 3. The zero-order valence-electron chi connectivity index (χ0n) is 30.1. The van der Waals surface area contributed by atoms with E-state index in [0.717, 1.165) is 49.1 Å². The van der Waals surface area contributed by atoms with Crippen LogP contribution in [0.25, 0.3) is 0 Å². The number of nitrogens with two attached hydrogens (primary N) is 1. The van der Waals surface area contributed by atoms with Crippen molar-refractivity contribution in [1.82, 2.24) is 15.2 Å². The van der Waals surface area contributed by atoms with Crippen LogP contribution in [0.1, 0.15) is 31.2 Å². The van der Waals surface area contributed by atoms with E-state index < -0.39 is 70.3 Å². The summed E-state index contributed by atoms with van der Waals surface area (Å²) in [5.41, 5.74) is 3.41. The Hall–Kier alpha value is -3.74. The zero-order valence-corrected chi connectivity index (χ0v) is 36.5. The maximum absolute atomic E-state index is 13.6. The third-order valence-corrected chi connectivity index (χ3v) is 11.3. The van der Waals surface area contributed by atoms with E-state index in [2.05, 4.69) is 15.5 Å². The number of hydrogen-bond acceptors (Lipinski definition) is 19. The van der Waals surface area contributed by atoms with E-state index in [4.69, 9.17) is 20.0 Å². The number of thiazole rings is 1. The average molecular weight is 847 g/mol. The fourth-order valence-corrected chi connectivity index (χ4v) is 8.51. The molecule has 3 unspecified atom stereocenters. The topological polar surface area (TPSA) is 287 Å². The van der Waals surface area contributed by atoms with E-state index in [1.807, 2.05) is 0 Å². The van der Waals surface area contributed by atoms with Crippen molar-refractivity contribution in [1.29, 1.82) is 0 Å². The Morgan fingerprint density at radius 3 is 2.30 bits per heavy atom. The van der Waals surface area contributed by atoms with Gasteiger partial charge in [0.15, 0.2) is 47.4 Å². The van der Waals surface area contributed by atoms with Crippen molar-refractivity contribution in [2.45, 2.75) is 42.8 Å². The van der Waals surface area contributed by atoms with Gasteiger partial charge in [-0.2, -0.15) is 4.57 Å². The second-order valence-corrected chi connectivity index (χ2v) is 14.8. The molecule has 1 aromatic carbocycles. The van der Waals surface area contributed by atoms with Crippen molar-refractivity contribution in [3.8, 4) is 11.5 Å². The number of hydrogen-bond donors (Lipinski definition) is 2. The van der Waals surface area contributed by atoms with E-state index in [9.17, 15) is 48.9 Å². The molecule has 0 radical (unpaired) electrons. The number of anilines is 1. The van der Waals surface area contributed by atoms with Gasteiger partial charge in [-0.1, -0.05) is 11.2 Å². The Morgan fingerprint density at radius 2 is 1.73 bits per heavy atom. The number of thioether (sulfide) groups is 2. The first-order chi connectivity index (χ1) is 25.6. The van der Waals surface area contributed by atoms with E-state index in [0.29, 0.717) is 4.90 Å². The number of β-lactam (4-membered cyclic amide) rings is 1. The number of nitrogen functional groups attached to an aromatic ring is 1. The molecule has 4 atom stereocenters. The van der Waals surface area contributed by atoms with E-state index in [1.165, 1.54) is 45.1 Å². The average Bonchev–Trinajstić information content (AvgIpc) is 3.53. The number of esters is 2. The van der Waals surface area contributed by atoms with Crippen LogP contribution >= 0.6 is 34.9 Å². The van der Waals surface area contributed by atoms with Gasteiger partial charge in [-0.3, -0.25) is 19.2 Å². The predicted molar refractivity (Wildman–Crippen MR) is 181 cm³/mol. The van der Waals surface area contributed by atoms with Crippen LogP contribution < -0.4 is 99.5 Å². The van der Waals surface area contributed by atoms with Crippen LogP contribution in [0.4, 0.5) is 5.13 Å². The minimum atomic E-state index is -2.01. The van der Waals surface area contributed by atoms with Gasteiger partial charge in [-0.25, -0.2) is 4.98 Å². The molecule has 284 valence electrons. The molecule has 2 aliphatic heterocycles. The number of pyridine rings is 1. The molecule has 0 spiro atoms. The summed E-state index contributed by atoms with van der Waals surface area (Å²) in [5, 5.41) is 42.4. The number of benzene rings is 1. The number of fused-ring (bicyclic) bond motifs is 1. The third-order valence-electron chi connectivity index (χ3n) is 7.77. The van der Waals surface area contributed by atoms with Gasteiger partial charge in [0.2, 0.25) is 5.91 Å². The number of oxime groups is 1. The van der Waals surface area contributed by atoms with Gasteiger partial charge < -0.3 is 60.0 Å². The zero-order chi connectivity index (χ0) is 39.3. The molecule has 24 heteroatoms. The molecule has 19 nitrogen and oxygen atoms in total. The first kappa shape index (κ1) is 46.6. The van der Waals surface area contributed by atoms with Crippen LogP contribution in [0.5, 0.6) is 11.5 Å². The Labute approximate surface area is 374 Å². The molecule has 0 aliphatic carbocycles. The SMILES string of the molecule is CC(=O)Oc1ccc(C(ON=C(C(=O)NC2C(=O)N3CC(CSc4cc[n+](CC(=O)[O-])cc4)(C(=O)[O-])CS[C@H]23)c2csc(N)n2)C(=O)[O-])cc1OC(C)=O.[Na+].[Na+]. The molecule has 0 bridgehead atoms. The summed E-state index contributed by atoms with van der Waals surface area (Å²) in [6, 6.07) is 5.45. The normalized spacial score (nSPS) is 19.1. The number of amides is 2. The molecule has 2 aliphatic rings. The Bertz CT molecular complexity index is 2050. The summed E-state index contributed by atoms with van der Waals surface area (Å²) in [7, 11) is 0. The second-order valence-electron chi connectivity index (χ2n) is 11.8. The van der Waals surface area contributed by atoms with Crippen molar-refractivity contribution in [3.63, 3.8) is 0 Å². The molecule has 2 aromatic heterocycles. The summed E-state index contributed by atoms with van der Waals surface area (Å²) >= 11 is 3.23. The maximum Gasteiger partial charge on any atom is 1.00 e. The summed E-state index contributed by atoms with van der Waals surface area (Å²) in [5.74, 6) is -8.11. The third kappa shape index (κ3) is 11.2. The molecule has 56 heavy (non-hydrogen) atoms. The predicted octanol–water partition coefficient (Wildman–Crippen LogP) is -9.24. The molecule has 3 aromatic rings. The number of carbonyl (C=O) groups is 7. The number of rotatable bonds is 15. The number of carbonyl (C=O) groups excluding carboxylic acids is 7. The van der Waals surface area contributed by atoms with Crippen molar-refractivity contribution < 1.29 is 127 Å². The second kappa shape index (κ2) is 20.1. The van der Waals surface area contributed by atoms with Gasteiger partial charge >= 0.3 is 71.1 Å². The molecule has 2 saturated heterocycles. The largest absolute Gasteiger partial charge is 1.00 e. The molecule has 3 N–H and O–H groups in total. The maximum atomic E-state index is 13.6. The first-order valence-corrected chi connectivity index (χ1v) is 18.4. The number of aromatic nitrogens is 2. The van der Waals surface area contributed by atoms with Crippen LogP contribution in [0.3, 0.4) is 0 Å². The van der Waals surface area contributed by atoms with Crippen molar-refractivity contribution >= 4 is 87.4 Å². The monoisotopic (exact) mass is 846 g/mol. The fourth-order valence-electron chi connectivity index (χ4n) is 5.23. The minimum Gasteiger partial charge on any atom is -0.549 e. The quantitative estimate of drug-likeness (QED) is 0.0210. The molecule has 4 heterocycles. The number of nitrogens with zero attached hydrogens (tertiary/aromatic N) is 4. The molecular weight excluding hydrogens is 819 g/mol. The van der Waals surface area contributed by atoms with Crippen molar-refractivity contribution in [2.24, 2.45) is 10.6 Å².